The van der Waals surface area contributed by atoms with Crippen molar-refractivity contribution in [2.45, 2.75) is 6.54 Å². The molecule has 2 aromatic carbocycles. The van der Waals surface area contributed by atoms with Crippen LogP contribution < -0.4 is 19.0 Å². The summed E-state index contributed by atoms with van der Waals surface area (Å²) >= 11 is 1.43. The maximum absolute atomic E-state index is 12.8. The Balaban J connectivity index is 2.11. The molecule has 0 aliphatic heterocycles. The molecule has 3 aromatic rings. The highest BCUT2D eigenvalue weighted by atomic mass is 32.1. The summed E-state index contributed by atoms with van der Waals surface area (Å²) in [5, 5.41) is 0. The van der Waals surface area contributed by atoms with Gasteiger partial charge in [-0.1, -0.05) is 17.4 Å². The maximum Gasteiger partial charge on any atom is 0.279 e. The van der Waals surface area contributed by atoms with Gasteiger partial charge < -0.3 is 23.5 Å². The Labute approximate surface area is 166 Å². The van der Waals surface area contributed by atoms with E-state index in [1.165, 1.54) is 18.4 Å². The van der Waals surface area contributed by atoms with Crippen LogP contribution in [0.2, 0.25) is 0 Å². The lowest BCUT2D eigenvalue weighted by atomic mass is 10.2. The highest BCUT2D eigenvalue weighted by Crippen LogP contribution is 2.29. The van der Waals surface area contributed by atoms with Crippen LogP contribution in [0.5, 0.6) is 17.2 Å². The molecule has 0 saturated carbocycles. The first-order valence-corrected chi connectivity index (χ1v) is 9.41. The first-order valence-electron chi connectivity index (χ1n) is 8.59. The molecular weight excluding hydrogens is 380 g/mol. The zero-order chi connectivity index (χ0) is 20.1. The summed E-state index contributed by atoms with van der Waals surface area (Å²) < 4.78 is 24.1. The van der Waals surface area contributed by atoms with Crippen molar-refractivity contribution in [3.63, 3.8) is 0 Å². The third-order valence-electron chi connectivity index (χ3n) is 4.23. The standard InChI is InChI=1S/C20H22N2O5S/c1-24-11-10-22-18-15(26-3)6-5-7-17(18)28-20(22)21-19(23)13-8-9-14(25-2)16(12-13)27-4/h5-9,12H,10-11H2,1-4H3. The SMILES string of the molecule is COCCn1c(=NC(=O)c2ccc(OC)c(OC)c2)sc2cccc(OC)c21. The van der Waals surface area contributed by atoms with Crippen molar-refractivity contribution >= 4 is 27.5 Å². The van der Waals surface area contributed by atoms with E-state index in [-0.39, 0.29) is 5.91 Å². The van der Waals surface area contributed by atoms with Crippen molar-refractivity contribution in [3.8, 4) is 17.2 Å². The number of hydrogen-bond acceptors (Lipinski definition) is 6. The van der Waals surface area contributed by atoms with E-state index in [1.807, 2.05) is 22.8 Å². The predicted octanol–water partition coefficient (Wildman–Crippen LogP) is 3.12. The Bertz CT molecular complexity index is 1050. The molecule has 0 bridgehead atoms. The van der Waals surface area contributed by atoms with E-state index in [2.05, 4.69) is 4.99 Å². The van der Waals surface area contributed by atoms with Crippen LogP contribution in [0.3, 0.4) is 0 Å². The van der Waals surface area contributed by atoms with Crippen LogP contribution in [-0.4, -0.2) is 45.5 Å². The molecule has 8 heteroatoms. The number of thiazole rings is 1. The van der Waals surface area contributed by atoms with Gasteiger partial charge in [0.2, 0.25) is 0 Å². The second-order valence-corrected chi connectivity index (χ2v) is 6.83. The van der Waals surface area contributed by atoms with Crippen LogP contribution in [0.1, 0.15) is 10.4 Å². The number of rotatable bonds is 7. The molecule has 0 N–H and O–H groups in total. The van der Waals surface area contributed by atoms with Gasteiger partial charge in [-0.3, -0.25) is 4.79 Å². The van der Waals surface area contributed by atoms with Crippen LogP contribution in [0.4, 0.5) is 0 Å². The predicted molar refractivity (Wildman–Crippen MR) is 108 cm³/mol. The molecule has 0 spiro atoms. The highest BCUT2D eigenvalue weighted by Gasteiger charge is 2.14. The lowest BCUT2D eigenvalue weighted by Crippen LogP contribution is -2.19. The molecule has 0 unspecified atom stereocenters. The number of carbonyl (C=O) groups is 1. The summed E-state index contributed by atoms with van der Waals surface area (Å²) in [4.78, 5) is 17.7. The summed E-state index contributed by atoms with van der Waals surface area (Å²) in [7, 11) is 6.34. The van der Waals surface area contributed by atoms with Crippen LogP contribution in [0.25, 0.3) is 10.2 Å². The summed E-state index contributed by atoms with van der Waals surface area (Å²) in [6.45, 7) is 1.04. The number of para-hydroxylation sites is 1. The van der Waals surface area contributed by atoms with Crippen LogP contribution in [0, 0.1) is 0 Å². The zero-order valence-electron chi connectivity index (χ0n) is 16.2. The van der Waals surface area contributed by atoms with E-state index in [1.54, 1.807) is 39.5 Å². The van der Waals surface area contributed by atoms with Crippen molar-refractivity contribution in [2.75, 3.05) is 35.0 Å². The van der Waals surface area contributed by atoms with Gasteiger partial charge in [0.05, 0.1) is 32.6 Å². The van der Waals surface area contributed by atoms with Gasteiger partial charge in [0.1, 0.15) is 11.3 Å². The summed E-state index contributed by atoms with van der Waals surface area (Å²) in [6.07, 6.45) is 0. The molecule has 0 fully saturated rings. The van der Waals surface area contributed by atoms with E-state index < -0.39 is 0 Å². The first-order chi connectivity index (χ1) is 13.6. The van der Waals surface area contributed by atoms with E-state index in [9.17, 15) is 4.79 Å². The number of aromatic nitrogens is 1. The molecule has 28 heavy (non-hydrogen) atoms. The second kappa shape index (κ2) is 8.90. The van der Waals surface area contributed by atoms with Gasteiger partial charge in [-0.05, 0) is 30.3 Å². The van der Waals surface area contributed by atoms with Gasteiger partial charge in [0.15, 0.2) is 16.3 Å². The minimum atomic E-state index is -0.363. The van der Waals surface area contributed by atoms with Gasteiger partial charge in [0.25, 0.3) is 5.91 Å². The van der Waals surface area contributed by atoms with E-state index in [4.69, 9.17) is 18.9 Å². The number of carbonyl (C=O) groups excluding carboxylic acids is 1. The van der Waals surface area contributed by atoms with E-state index >= 15 is 0 Å². The van der Waals surface area contributed by atoms with Crippen LogP contribution >= 0.6 is 11.3 Å². The smallest absolute Gasteiger partial charge is 0.279 e. The van der Waals surface area contributed by atoms with Crippen molar-refractivity contribution in [1.29, 1.82) is 0 Å². The number of fused-ring (bicyclic) bond motifs is 1. The first kappa shape index (κ1) is 19.9. The van der Waals surface area contributed by atoms with Crippen LogP contribution in [0.15, 0.2) is 41.4 Å². The minimum absolute atomic E-state index is 0.363. The zero-order valence-corrected chi connectivity index (χ0v) is 17.0. The van der Waals surface area contributed by atoms with Crippen molar-refractivity contribution in [3.05, 3.63) is 46.8 Å². The topological polar surface area (TPSA) is 71.3 Å². The van der Waals surface area contributed by atoms with Gasteiger partial charge in [-0.25, -0.2) is 0 Å². The maximum atomic E-state index is 12.8. The number of amides is 1. The third-order valence-corrected chi connectivity index (χ3v) is 5.27. The van der Waals surface area contributed by atoms with E-state index in [0.29, 0.717) is 35.0 Å². The number of methoxy groups -OCH3 is 4. The molecule has 3 rings (SSSR count). The molecule has 0 radical (unpaired) electrons. The van der Waals surface area contributed by atoms with Crippen molar-refractivity contribution in [1.82, 2.24) is 4.57 Å². The van der Waals surface area contributed by atoms with E-state index in [0.717, 1.165) is 16.0 Å². The highest BCUT2D eigenvalue weighted by molar-refractivity contribution is 7.16. The third kappa shape index (κ3) is 3.88. The average Bonchev–Trinajstić information content (AvgIpc) is 3.08. The van der Waals surface area contributed by atoms with Gasteiger partial charge in [0, 0.05) is 19.2 Å². The fraction of sp³-hybridized carbons (Fsp3) is 0.300. The number of hydrogen-bond donors (Lipinski definition) is 0. The lowest BCUT2D eigenvalue weighted by Gasteiger charge is -2.08. The second-order valence-electron chi connectivity index (χ2n) is 5.82. The van der Waals surface area contributed by atoms with Gasteiger partial charge in [-0.15, -0.1) is 0 Å². The molecule has 148 valence electrons. The molecule has 0 aliphatic carbocycles. The average molecular weight is 402 g/mol. The molecule has 1 heterocycles. The number of benzene rings is 2. The molecule has 0 atom stereocenters. The van der Waals surface area contributed by atoms with Crippen molar-refractivity contribution < 1.29 is 23.7 Å². The summed E-state index contributed by atoms with van der Waals surface area (Å²) in [5.74, 6) is 1.40. The Morgan fingerprint density at radius 2 is 1.75 bits per heavy atom. The normalized spacial score (nSPS) is 11.6. The lowest BCUT2D eigenvalue weighted by molar-refractivity contribution is 0.0997. The monoisotopic (exact) mass is 402 g/mol. The largest absolute Gasteiger partial charge is 0.495 e. The Morgan fingerprint density at radius 1 is 1.00 bits per heavy atom. The van der Waals surface area contributed by atoms with Crippen molar-refractivity contribution in [2.24, 2.45) is 4.99 Å². The molecular formula is C20H22N2O5S. The Kier molecular flexibility index (Phi) is 6.33. The quantitative estimate of drug-likeness (QED) is 0.607. The number of nitrogens with zero attached hydrogens (tertiary/aromatic N) is 2. The molecule has 0 saturated heterocycles. The summed E-state index contributed by atoms with van der Waals surface area (Å²) in [5.41, 5.74) is 1.31. The molecule has 1 aromatic heterocycles. The number of ether oxygens (including phenoxy) is 4. The Morgan fingerprint density at radius 3 is 2.43 bits per heavy atom. The van der Waals surface area contributed by atoms with Crippen LogP contribution in [-0.2, 0) is 11.3 Å². The summed E-state index contributed by atoms with van der Waals surface area (Å²) in [6, 6.07) is 10.8. The minimum Gasteiger partial charge on any atom is -0.495 e. The molecule has 0 aliphatic rings. The van der Waals surface area contributed by atoms with Gasteiger partial charge >= 0.3 is 0 Å². The Hall–Kier alpha value is -2.84. The molecule has 7 nitrogen and oxygen atoms in total. The molecule has 1 amide bonds. The van der Waals surface area contributed by atoms with Gasteiger partial charge in [-0.2, -0.15) is 4.99 Å². The fourth-order valence-corrected chi connectivity index (χ4v) is 3.93. The fourth-order valence-electron chi connectivity index (χ4n) is 2.86.